The van der Waals surface area contributed by atoms with E-state index in [1.165, 1.54) is 0 Å². The maximum absolute atomic E-state index is 11.7. The third kappa shape index (κ3) is 2.88. The Kier molecular flexibility index (Phi) is 3.74. The van der Waals surface area contributed by atoms with E-state index in [2.05, 4.69) is 15.4 Å². The number of aromatic nitrogens is 3. The Balaban J connectivity index is 1.77. The predicted molar refractivity (Wildman–Crippen MR) is 88.0 cm³/mol. The number of nitrogens with one attached hydrogen (secondary N) is 1. The highest BCUT2D eigenvalue weighted by Gasteiger charge is 2.11. The fourth-order valence-electron chi connectivity index (χ4n) is 2.60. The fraction of sp³-hybridized carbons (Fsp3) is 0.235. The van der Waals surface area contributed by atoms with Gasteiger partial charge >= 0.3 is 5.97 Å². The summed E-state index contributed by atoms with van der Waals surface area (Å²) in [6.07, 6.45) is 3.90. The number of hydrogen-bond acceptors (Lipinski definition) is 6. The minimum Gasteiger partial charge on any atom is -0.490 e. The highest BCUT2D eigenvalue weighted by atomic mass is 16.6. The molecule has 1 aliphatic rings. The number of cyclic esters (lactones) is 1. The number of fused-ring (bicyclic) bond motifs is 4. The minimum atomic E-state index is -0.263. The molecule has 0 unspecified atom stereocenters. The van der Waals surface area contributed by atoms with Gasteiger partial charge in [-0.2, -0.15) is 5.10 Å². The van der Waals surface area contributed by atoms with Crippen molar-refractivity contribution < 1.29 is 14.3 Å². The van der Waals surface area contributed by atoms with E-state index in [-0.39, 0.29) is 19.0 Å². The number of carbonyl (C=O) groups is 1. The summed E-state index contributed by atoms with van der Waals surface area (Å²) in [5.74, 6) is 1.15. The topological polar surface area (TPSA) is 77.8 Å². The molecule has 1 N–H and O–H groups in total. The molecule has 7 nitrogen and oxygen atoms in total. The molecular formula is C17H16N4O3. The van der Waals surface area contributed by atoms with Gasteiger partial charge < -0.3 is 14.8 Å². The van der Waals surface area contributed by atoms with E-state index in [0.29, 0.717) is 24.7 Å². The number of benzene rings is 1. The van der Waals surface area contributed by atoms with Gasteiger partial charge in [-0.1, -0.05) is 12.1 Å². The van der Waals surface area contributed by atoms with Crippen LogP contribution in [0.1, 0.15) is 6.42 Å². The van der Waals surface area contributed by atoms with Gasteiger partial charge in [0.05, 0.1) is 12.6 Å². The molecule has 0 fully saturated rings. The molecule has 1 aliphatic heterocycles. The van der Waals surface area contributed by atoms with Crippen LogP contribution in [0, 0.1) is 0 Å². The number of anilines is 1. The zero-order valence-corrected chi connectivity index (χ0v) is 12.9. The molecule has 4 rings (SSSR count). The van der Waals surface area contributed by atoms with Crippen LogP contribution in [0.4, 0.5) is 5.82 Å². The smallest absolute Gasteiger partial charge is 0.307 e. The Labute approximate surface area is 138 Å². The first-order valence-electron chi connectivity index (χ1n) is 7.77. The van der Waals surface area contributed by atoms with Crippen LogP contribution >= 0.6 is 0 Å². The molecule has 3 aromatic rings. The minimum absolute atomic E-state index is 0.229. The molecule has 2 aromatic heterocycles. The average Bonchev–Trinajstić information content (AvgIpc) is 3.01. The van der Waals surface area contributed by atoms with Crippen molar-refractivity contribution in [2.75, 3.05) is 25.1 Å². The fourth-order valence-corrected chi connectivity index (χ4v) is 2.60. The summed E-state index contributed by atoms with van der Waals surface area (Å²) >= 11 is 0. The summed E-state index contributed by atoms with van der Waals surface area (Å²) in [4.78, 5) is 16.3. The lowest BCUT2D eigenvalue weighted by molar-refractivity contribution is -0.144. The standard InChI is InChI=1S/C17H16N4O3/c22-16-4-6-18-15-5-7-21-17(20-15)14(11-19-21)12-2-1-3-13(10-12)23-8-9-24-16/h1-3,5,7,10-11H,4,6,8-9H2,(H,18,20). The van der Waals surface area contributed by atoms with Crippen LogP contribution in [-0.2, 0) is 9.53 Å². The SMILES string of the molecule is O=C1CCNc2ccn3ncc(c3n2)-c2cccc(c2)OCCO1. The van der Waals surface area contributed by atoms with Crippen molar-refractivity contribution in [3.05, 3.63) is 42.7 Å². The van der Waals surface area contributed by atoms with E-state index in [0.717, 1.165) is 16.8 Å². The molecule has 122 valence electrons. The van der Waals surface area contributed by atoms with Crippen LogP contribution in [-0.4, -0.2) is 40.3 Å². The molecule has 4 bridgehead atoms. The predicted octanol–water partition coefficient (Wildman–Crippen LogP) is 2.13. The second-order valence-corrected chi connectivity index (χ2v) is 5.41. The van der Waals surface area contributed by atoms with Gasteiger partial charge in [0.25, 0.3) is 0 Å². The molecule has 3 heterocycles. The third-order valence-corrected chi connectivity index (χ3v) is 3.76. The molecule has 0 atom stereocenters. The summed E-state index contributed by atoms with van der Waals surface area (Å²) in [7, 11) is 0. The van der Waals surface area contributed by atoms with Gasteiger partial charge in [-0.15, -0.1) is 0 Å². The van der Waals surface area contributed by atoms with Gasteiger partial charge in [-0.05, 0) is 23.8 Å². The summed E-state index contributed by atoms with van der Waals surface area (Å²) in [5.41, 5.74) is 2.64. The van der Waals surface area contributed by atoms with Gasteiger partial charge in [-0.3, -0.25) is 4.79 Å². The van der Waals surface area contributed by atoms with Crippen LogP contribution in [0.5, 0.6) is 5.75 Å². The summed E-state index contributed by atoms with van der Waals surface area (Å²) in [6.45, 7) is 1.01. The van der Waals surface area contributed by atoms with E-state index in [1.54, 1.807) is 10.7 Å². The maximum Gasteiger partial charge on any atom is 0.307 e. The number of rotatable bonds is 0. The molecular weight excluding hydrogens is 308 g/mol. The van der Waals surface area contributed by atoms with Crippen molar-refractivity contribution in [3.63, 3.8) is 0 Å². The Morgan fingerprint density at radius 1 is 1.17 bits per heavy atom. The molecule has 0 aliphatic carbocycles. The molecule has 0 saturated heterocycles. The Hall–Kier alpha value is -3.09. The van der Waals surface area contributed by atoms with E-state index < -0.39 is 0 Å². The van der Waals surface area contributed by atoms with E-state index in [4.69, 9.17) is 9.47 Å². The number of nitrogens with zero attached hydrogens (tertiary/aromatic N) is 3. The first-order chi connectivity index (χ1) is 11.8. The highest BCUT2D eigenvalue weighted by Crippen LogP contribution is 2.27. The number of hydrogen-bond donors (Lipinski definition) is 1. The van der Waals surface area contributed by atoms with E-state index >= 15 is 0 Å². The van der Waals surface area contributed by atoms with Crippen LogP contribution in [0.15, 0.2) is 42.7 Å². The second-order valence-electron chi connectivity index (χ2n) is 5.41. The highest BCUT2D eigenvalue weighted by molar-refractivity contribution is 5.78. The van der Waals surface area contributed by atoms with E-state index in [1.807, 2.05) is 36.5 Å². The molecule has 7 heteroatoms. The van der Waals surface area contributed by atoms with Crippen LogP contribution in [0.25, 0.3) is 16.8 Å². The van der Waals surface area contributed by atoms with Crippen LogP contribution in [0.3, 0.4) is 0 Å². The van der Waals surface area contributed by atoms with Gasteiger partial charge in [0.2, 0.25) is 0 Å². The van der Waals surface area contributed by atoms with Crippen LogP contribution < -0.4 is 10.1 Å². The van der Waals surface area contributed by atoms with Crippen molar-refractivity contribution in [2.45, 2.75) is 6.42 Å². The van der Waals surface area contributed by atoms with Gasteiger partial charge in [0, 0.05) is 18.3 Å². The molecule has 24 heavy (non-hydrogen) atoms. The molecule has 0 spiro atoms. The van der Waals surface area contributed by atoms with Crippen LogP contribution in [0.2, 0.25) is 0 Å². The Bertz CT molecular complexity index is 890. The molecule has 1 aromatic carbocycles. The average molecular weight is 324 g/mol. The maximum atomic E-state index is 11.7. The summed E-state index contributed by atoms with van der Waals surface area (Å²) in [6, 6.07) is 9.53. The number of carbonyl (C=O) groups excluding carboxylic acids is 1. The van der Waals surface area contributed by atoms with Crippen molar-refractivity contribution >= 4 is 17.4 Å². The van der Waals surface area contributed by atoms with Gasteiger partial charge in [0.1, 0.15) is 24.8 Å². The van der Waals surface area contributed by atoms with Crippen molar-refractivity contribution in [1.29, 1.82) is 0 Å². The monoisotopic (exact) mass is 324 g/mol. The molecule has 0 radical (unpaired) electrons. The quantitative estimate of drug-likeness (QED) is 0.638. The number of esters is 1. The Morgan fingerprint density at radius 2 is 2.08 bits per heavy atom. The number of ether oxygens (including phenoxy) is 2. The molecule has 0 saturated carbocycles. The normalized spacial score (nSPS) is 15.1. The first kappa shape index (κ1) is 14.5. The van der Waals surface area contributed by atoms with E-state index in [9.17, 15) is 4.79 Å². The largest absolute Gasteiger partial charge is 0.490 e. The third-order valence-electron chi connectivity index (χ3n) is 3.76. The van der Waals surface area contributed by atoms with Crippen molar-refractivity contribution in [1.82, 2.24) is 14.6 Å². The lowest BCUT2D eigenvalue weighted by Crippen LogP contribution is -2.15. The first-order valence-corrected chi connectivity index (χ1v) is 7.77. The zero-order chi connectivity index (χ0) is 16.4. The lowest BCUT2D eigenvalue weighted by atomic mass is 10.1. The lowest BCUT2D eigenvalue weighted by Gasteiger charge is -2.08. The summed E-state index contributed by atoms with van der Waals surface area (Å²) < 4.78 is 12.5. The van der Waals surface area contributed by atoms with Crippen molar-refractivity contribution in [2.24, 2.45) is 0 Å². The molecule has 0 amide bonds. The van der Waals surface area contributed by atoms with Gasteiger partial charge in [0.15, 0.2) is 5.65 Å². The van der Waals surface area contributed by atoms with Gasteiger partial charge in [-0.25, -0.2) is 9.50 Å². The second kappa shape index (κ2) is 6.19. The zero-order valence-electron chi connectivity index (χ0n) is 12.9. The summed E-state index contributed by atoms with van der Waals surface area (Å²) in [5, 5.41) is 7.48. The van der Waals surface area contributed by atoms with Crippen molar-refractivity contribution in [3.8, 4) is 16.9 Å². The Morgan fingerprint density at radius 3 is 3.04 bits per heavy atom.